The van der Waals surface area contributed by atoms with Crippen LogP contribution in [-0.4, -0.2) is 21.9 Å². The van der Waals surface area contributed by atoms with Crippen molar-refractivity contribution in [2.45, 2.75) is 13.3 Å². The number of nitrogens with zero attached hydrogens (tertiary/aromatic N) is 3. The van der Waals surface area contributed by atoms with E-state index in [1.165, 1.54) is 0 Å². The topological polar surface area (TPSA) is 39.9 Å². The first-order valence-corrected chi connectivity index (χ1v) is 5.38. The van der Waals surface area contributed by atoms with Crippen molar-refractivity contribution in [2.75, 3.05) is 7.11 Å². The molecule has 0 aliphatic heterocycles. The fourth-order valence-corrected chi connectivity index (χ4v) is 1.67. The smallest absolute Gasteiger partial charge is 0.233 e. The van der Waals surface area contributed by atoms with E-state index in [0.717, 1.165) is 12.1 Å². The standard InChI is InChI=1S/C11H12ClN3O/c1-3-8-7-10(16-2)14-15(8)11-9(12)5-4-6-13-11/h4-7H,3H2,1-2H3. The molecule has 84 valence electrons. The molecule has 0 atom stereocenters. The zero-order valence-electron chi connectivity index (χ0n) is 9.14. The van der Waals surface area contributed by atoms with Crippen molar-refractivity contribution in [3.05, 3.63) is 35.1 Å². The Kier molecular flexibility index (Phi) is 3.10. The number of aromatic nitrogens is 3. The molecule has 0 saturated carbocycles. The number of halogens is 1. The lowest BCUT2D eigenvalue weighted by molar-refractivity contribution is 0.394. The van der Waals surface area contributed by atoms with Crippen molar-refractivity contribution in [1.82, 2.24) is 14.8 Å². The molecule has 2 aromatic rings. The molecule has 0 saturated heterocycles. The zero-order chi connectivity index (χ0) is 11.5. The van der Waals surface area contributed by atoms with Crippen molar-refractivity contribution in [3.8, 4) is 11.7 Å². The summed E-state index contributed by atoms with van der Waals surface area (Å²) >= 11 is 6.08. The van der Waals surface area contributed by atoms with Gasteiger partial charge < -0.3 is 4.74 Å². The van der Waals surface area contributed by atoms with E-state index >= 15 is 0 Å². The van der Waals surface area contributed by atoms with E-state index in [1.54, 1.807) is 30.1 Å². The highest BCUT2D eigenvalue weighted by molar-refractivity contribution is 6.32. The average Bonchev–Trinajstić information content (AvgIpc) is 2.72. The first-order chi connectivity index (χ1) is 7.76. The number of hydrogen-bond acceptors (Lipinski definition) is 3. The highest BCUT2D eigenvalue weighted by atomic mass is 35.5. The summed E-state index contributed by atoms with van der Waals surface area (Å²) in [6, 6.07) is 5.46. The van der Waals surface area contributed by atoms with Crippen molar-refractivity contribution >= 4 is 11.6 Å². The molecule has 0 radical (unpaired) electrons. The van der Waals surface area contributed by atoms with Crippen LogP contribution in [0.3, 0.4) is 0 Å². The zero-order valence-corrected chi connectivity index (χ0v) is 9.90. The van der Waals surface area contributed by atoms with Gasteiger partial charge in [-0.3, -0.25) is 0 Å². The number of ether oxygens (including phenoxy) is 1. The Bertz CT molecular complexity index is 496. The Morgan fingerprint density at radius 2 is 2.31 bits per heavy atom. The molecule has 0 aromatic carbocycles. The number of methoxy groups -OCH3 is 1. The second-order valence-corrected chi connectivity index (χ2v) is 3.66. The summed E-state index contributed by atoms with van der Waals surface area (Å²) in [6.45, 7) is 2.05. The fourth-order valence-electron chi connectivity index (χ4n) is 1.46. The molecule has 0 aliphatic carbocycles. The maximum absolute atomic E-state index is 6.08. The van der Waals surface area contributed by atoms with Crippen molar-refractivity contribution in [2.24, 2.45) is 0 Å². The summed E-state index contributed by atoms with van der Waals surface area (Å²) in [5, 5.41) is 4.85. The lowest BCUT2D eigenvalue weighted by Gasteiger charge is -2.05. The molecule has 0 amide bonds. The largest absolute Gasteiger partial charge is 0.480 e. The molecule has 4 nitrogen and oxygen atoms in total. The van der Waals surface area contributed by atoms with Crippen LogP contribution in [0.15, 0.2) is 24.4 Å². The summed E-state index contributed by atoms with van der Waals surface area (Å²) < 4.78 is 6.81. The van der Waals surface area contributed by atoms with Gasteiger partial charge in [-0.2, -0.15) is 0 Å². The highest BCUT2D eigenvalue weighted by Gasteiger charge is 2.11. The van der Waals surface area contributed by atoms with Crippen LogP contribution in [0.2, 0.25) is 5.02 Å². The van der Waals surface area contributed by atoms with E-state index in [2.05, 4.69) is 10.1 Å². The van der Waals surface area contributed by atoms with Gasteiger partial charge in [0.2, 0.25) is 5.88 Å². The van der Waals surface area contributed by atoms with Gasteiger partial charge in [-0.1, -0.05) is 18.5 Å². The Morgan fingerprint density at radius 3 is 2.94 bits per heavy atom. The van der Waals surface area contributed by atoms with Crippen LogP contribution in [0.25, 0.3) is 5.82 Å². The lowest BCUT2D eigenvalue weighted by atomic mass is 10.3. The van der Waals surface area contributed by atoms with Gasteiger partial charge in [0.25, 0.3) is 0 Å². The summed E-state index contributed by atoms with van der Waals surface area (Å²) in [5.74, 6) is 1.20. The summed E-state index contributed by atoms with van der Waals surface area (Å²) in [6.07, 6.45) is 2.53. The molecule has 0 bridgehead atoms. The van der Waals surface area contributed by atoms with Gasteiger partial charge in [0.05, 0.1) is 12.1 Å². The third kappa shape index (κ3) is 1.88. The van der Waals surface area contributed by atoms with E-state index in [-0.39, 0.29) is 0 Å². The number of hydrogen-bond donors (Lipinski definition) is 0. The minimum Gasteiger partial charge on any atom is -0.480 e. The van der Waals surface area contributed by atoms with Gasteiger partial charge in [-0.15, -0.1) is 5.10 Å². The molecule has 5 heteroatoms. The second kappa shape index (κ2) is 4.53. The minimum absolute atomic E-state index is 0.568. The van der Waals surface area contributed by atoms with Crippen LogP contribution in [0.4, 0.5) is 0 Å². The van der Waals surface area contributed by atoms with Gasteiger partial charge in [-0.25, -0.2) is 9.67 Å². The van der Waals surface area contributed by atoms with E-state index in [1.807, 2.05) is 13.0 Å². The fraction of sp³-hybridized carbons (Fsp3) is 0.273. The summed E-state index contributed by atoms with van der Waals surface area (Å²) in [5.41, 5.74) is 1.01. The SMILES string of the molecule is CCc1cc(OC)nn1-c1ncccc1Cl. The molecule has 2 heterocycles. The Labute approximate surface area is 98.8 Å². The van der Waals surface area contributed by atoms with Crippen LogP contribution >= 0.6 is 11.6 Å². The van der Waals surface area contributed by atoms with Gasteiger partial charge in [0.1, 0.15) is 0 Å². The van der Waals surface area contributed by atoms with E-state index in [4.69, 9.17) is 16.3 Å². The lowest BCUT2D eigenvalue weighted by Crippen LogP contribution is -2.04. The summed E-state index contributed by atoms with van der Waals surface area (Å²) in [4.78, 5) is 4.22. The number of pyridine rings is 1. The average molecular weight is 238 g/mol. The first kappa shape index (κ1) is 11.0. The predicted molar refractivity (Wildman–Crippen MR) is 62.3 cm³/mol. The number of aryl methyl sites for hydroxylation is 1. The predicted octanol–water partition coefficient (Wildman–Crippen LogP) is 2.49. The van der Waals surface area contributed by atoms with Crippen molar-refractivity contribution in [1.29, 1.82) is 0 Å². The normalized spacial score (nSPS) is 10.4. The Balaban J connectivity index is 2.54. The maximum atomic E-state index is 6.08. The minimum atomic E-state index is 0.568. The molecule has 2 aromatic heterocycles. The van der Waals surface area contributed by atoms with E-state index in [0.29, 0.717) is 16.7 Å². The first-order valence-electron chi connectivity index (χ1n) is 5.00. The molecular weight excluding hydrogens is 226 g/mol. The second-order valence-electron chi connectivity index (χ2n) is 3.25. The molecule has 0 spiro atoms. The molecule has 16 heavy (non-hydrogen) atoms. The monoisotopic (exact) mass is 237 g/mol. The maximum Gasteiger partial charge on any atom is 0.233 e. The Hall–Kier alpha value is -1.55. The Morgan fingerprint density at radius 1 is 1.50 bits per heavy atom. The molecular formula is C11H12ClN3O. The molecule has 0 N–H and O–H groups in total. The van der Waals surface area contributed by atoms with Gasteiger partial charge in [0, 0.05) is 18.0 Å². The third-order valence-corrected chi connectivity index (χ3v) is 2.57. The highest BCUT2D eigenvalue weighted by Crippen LogP contribution is 2.21. The quantitative estimate of drug-likeness (QED) is 0.824. The van der Waals surface area contributed by atoms with Gasteiger partial charge >= 0.3 is 0 Å². The van der Waals surface area contributed by atoms with Crippen molar-refractivity contribution < 1.29 is 4.74 Å². The third-order valence-electron chi connectivity index (χ3n) is 2.27. The van der Waals surface area contributed by atoms with Gasteiger partial charge in [-0.05, 0) is 18.6 Å². The molecule has 0 unspecified atom stereocenters. The van der Waals surface area contributed by atoms with Crippen LogP contribution in [0.1, 0.15) is 12.6 Å². The van der Waals surface area contributed by atoms with E-state index in [9.17, 15) is 0 Å². The van der Waals surface area contributed by atoms with Crippen LogP contribution in [-0.2, 0) is 6.42 Å². The van der Waals surface area contributed by atoms with Crippen molar-refractivity contribution in [3.63, 3.8) is 0 Å². The van der Waals surface area contributed by atoms with Crippen LogP contribution in [0, 0.1) is 0 Å². The van der Waals surface area contributed by atoms with E-state index < -0.39 is 0 Å². The van der Waals surface area contributed by atoms with Crippen LogP contribution in [0.5, 0.6) is 5.88 Å². The van der Waals surface area contributed by atoms with Gasteiger partial charge in [0.15, 0.2) is 5.82 Å². The molecule has 0 fully saturated rings. The van der Waals surface area contributed by atoms with Crippen LogP contribution < -0.4 is 4.74 Å². The molecule has 2 rings (SSSR count). The summed E-state index contributed by atoms with van der Waals surface area (Å²) in [7, 11) is 1.59. The number of rotatable bonds is 3. The molecule has 0 aliphatic rings.